The van der Waals surface area contributed by atoms with Gasteiger partial charge in [0.1, 0.15) is 0 Å². The first-order valence-corrected chi connectivity index (χ1v) is 11.6. The van der Waals surface area contributed by atoms with Crippen LogP contribution in [0.25, 0.3) is 0 Å². The summed E-state index contributed by atoms with van der Waals surface area (Å²) in [5, 5.41) is 9.00. The highest BCUT2D eigenvalue weighted by Crippen LogP contribution is 2.27. The number of carbonyl (C=O) groups is 2. The Hall–Kier alpha value is -1.99. The third-order valence-electron chi connectivity index (χ3n) is 5.77. The summed E-state index contributed by atoms with van der Waals surface area (Å²) in [6.07, 6.45) is 7.84. The summed E-state index contributed by atoms with van der Waals surface area (Å²) >= 11 is 5.24. The molecule has 1 aliphatic rings. The van der Waals surface area contributed by atoms with E-state index in [1.165, 1.54) is 32.1 Å². The number of hydrogen-bond acceptors (Lipinski definition) is 4. The van der Waals surface area contributed by atoms with Crippen molar-refractivity contribution < 1.29 is 9.59 Å². The molecule has 0 atom stereocenters. The highest BCUT2D eigenvalue weighted by atomic mass is 32.1. The average molecular weight is 433 g/mol. The zero-order valence-electron chi connectivity index (χ0n) is 18.3. The lowest BCUT2D eigenvalue weighted by Gasteiger charge is -2.21. The number of thiocarbonyl (C=S) groups is 1. The van der Waals surface area contributed by atoms with Crippen molar-refractivity contribution in [1.29, 1.82) is 0 Å². The Morgan fingerprint density at radius 3 is 2.37 bits per heavy atom. The molecule has 0 saturated heterocycles. The Morgan fingerprint density at radius 2 is 1.73 bits per heavy atom. The summed E-state index contributed by atoms with van der Waals surface area (Å²) < 4.78 is 0. The van der Waals surface area contributed by atoms with Gasteiger partial charge in [-0.25, -0.2) is 0 Å². The van der Waals surface area contributed by atoms with Crippen LogP contribution in [0.1, 0.15) is 69.2 Å². The first-order valence-electron chi connectivity index (χ1n) is 11.2. The normalized spacial score (nSPS) is 14.4. The van der Waals surface area contributed by atoms with E-state index >= 15 is 0 Å². The fourth-order valence-corrected chi connectivity index (χ4v) is 4.07. The van der Waals surface area contributed by atoms with Gasteiger partial charge < -0.3 is 20.9 Å². The monoisotopic (exact) mass is 432 g/mol. The van der Waals surface area contributed by atoms with Crippen molar-refractivity contribution >= 4 is 34.8 Å². The number of hydrogen-bond donors (Lipinski definition) is 3. The number of carbonyl (C=O) groups excluding carboxylic acids is 2. The lowest BCUT2D eigenvalue weighted by molar-refractivity contribution is -0.120. The highest BCUT2D eigenvalue weighted by Gasteiger charge is 2.15. The molecule has 166 valence electrons. The third kappa shape index (κ3) is 8.79. The Labute approximate surface area is 186 Å². The van der Waals surface area contributed by atoms with Gasteiger partial charge in [0.2, 0.25) is 5.91 Å². The maximum Gasteiger partial charge on any atom is 0.251 e. The van der Waals surface area contributed by atoms with E-state index in [0.717, 1.165) is 31.7 Å². The molecule has 0 spiro atoms. The lowest BCUT2D eigenvalue weighted by atomic mass is 9.86. The molecular formula is C23H36N4O2S. The van der Waals surface area contributed by atoms with Crippen molar-refractivity contribution in [2.24, 2.45) is 5.92 Å². The van der Waals surface area contributed by atoms with Gasteiger partial charge >= 0.3 is 0 Å². The van der Waals surface area contributed by atoms with Crippen LogP contribution in [0.5, 0.6) is 0 Å². The van der Waals surface area contributed by atoms with Crippen LogP contribution in [0.4, 0.5) is 5.69 Å². The number of nitrogens with one attached hydrogen (secondary N) is 3. The van der Waals surface area contributed by atoms with Crippen LogP contribution in [0.3, 0.4) is 0 Å². The largest absolute Gasteiger partial charge is 0.351 e. The van der Waals surface area contributed by atoms with E-state index in [1.54, 1.807) is 24.3 Å². The van der Waals surface area contributed by atoms with E-state index < -0.39 is 0 Å². The van der Waals surface area contributed by atoms with Gasteiger partial charge in [-0.1, -0.05) is 46.0 Å². The topological polar surface area (TPSA) is 73.5 Å². The van der Waals surface area contributed by atoms with Crippen LogP contribution in [-0.4, -0.2) is 48.0 Å². The predicted molar refractivity (Wildman–Crippen MR) is 127 cm³/mol. The minimum absolute atomic E-state index is 0.0396. The van der Waals surface area contributed by atoms with Crippen molar-refractivity contribution in [3.8, 4) is 0 Å². The lowest BCUT2D eigenvalue weighted by Crippen LogP contribution is -2.35. The standard InChI is InChI=1S/C23H36N4O2S/c1-3-27(4-2)17-16-24-22(29)19-11-13-20(14-12-19)25-23(30)26-21(28)15-10-18-8-6-5-7-9-18/h11-14,18H,3-10,15-17H2,1-2H3,(H,24,29)(H2,25,26,28,30). The molecule has 0 heterocycles. The van der Waals surface area contributed by atoms with Crippen molar-refractivity contribution in [3.05, 3.63) is 29.8 Å². The van der Waals surface area contributed by atoms with Crippen LogP contribution < -0.4 is 16.0 Å². The maximum absolute atomic E-state index is 12.3. The molecule has 1 aromatic rings. The van der Waals surface area contributed by atoms with Gasteiger partial charge in [-0.3, -0.25) is 9.59 Å². The molecule has 1 aromatic carbocycles. The van der Waals surface area contributed by atoms with Gasteiger partial charge in [-0.2, -0.15) is 0 Å². The SMILES string of the molecule is CCN(CC)CCNC(=O)c1ccc(NC(=S)NC(=O)CCC2CCCCC2)cc1. The van der Waals surface area contributed by atoms with Crippen molar-refractivity contribution in [1.82, 2.24) is 15.5 Å². The van der Waals surface area contributed by atoms with E-state index in [9.17, 15) is 9.59 Å². The van der Waals surface area contributed by atoms with Crippen LogP contribution in [0.15, 0.2) is 24.3 Å². The number of likely N-dealkylation sites (N-methyl/N-ethyl adjacent to an activating group) is 1. The van der Waals surface area contributed by atoms with Gasteiger partial charge in [0.05, 0.1) is 0 Å². The van der Waals surface area contributed by atoms with Crippen molar-refractivity contribution in [2.45, 2.75) is 58.8 Å². The van der Waals surface area contributed by atoms with Crippen LogP contribution in [0.2, 0.25) is 0 Å². The molecular weight excluding hydrogens is 396 g/mol. The molecule has 7 heteroatoms. The Morgan fingerprint density at radius 1 is 1.07 bits per heavy atom. The molecule has 1 aliphatic carbocycles. The van der Waals surface area contributed by atoms with E-state index in [4.69, 9.17) is 12.2 Å². The predicted octanol–water partition coefficient (Wildman–Crippen LogP) is 3.93. The quantitative estimate of drug-likeness (QED) is 0.489. The summed E-state index contributed by atoms with van der Waals surface area (Å²) in [6.45, 7) is 7.64. The number of benzene rings is 1. The zero-order valence-corrected chi connectivity index (χ0v) is 19.2. The summed E-state index contributed by atoms with van der Waals surface area (Å²) in [6, 6.07) is 7.09. The van der Waals surface area contributed by atoms with E-state index in [2.05, 4.69) is 34.7 Å². The van der Waals surface area contributed by atoms with Crippen molar-refractivity contribution in [2.75, 3.05) is 31.5 Å². The van der Waals surface area contributed by atoms with Crippen molar-refractivity contribution in [3.63, 3.8) is 0 Å². The molecule has 0 radical (unpaired) electrons. The first kappa shape index (κ1) is 24.3. The molecule has 0 aromatic heterocycles. The van der Waals surface area contributed by atoms with E-state index in [-0.39, 0.29) is 11.8 Å². The number of nitrogens with zero attached hydrogens (tertiary/aromatic N) is 1. The fourth-order valence-electron chi connectivity index (χ4n) is 3.84. The van der Waals surface area contributed by atoms with Gasteiger partial charge in [-0.05, 0) is 61.9 Å². The van der Waals surface area contributed by atoms with Crippen LogP contribution in [-0.2, 0) is 4.79 Å². The minimum atomic E-state index is -0.0905. The molecule has 1 fully saturated rings. The zero-order chi connectivity index (χ0) is 21.8. The fraction of sp³-hybridized carbons (Fsp3) is 0.609. The highest BCUT2D eigenvalue weighted by molar-refractivity contribution is 7.80. The summed E-state index contributed by atoms with van der Waals surface area (Å²) in [4.78, 5) is 26.6. The summed E-state index contributed by atoms with van der Waals surface area (Å²) in [5.41, 5.74) is 1.34. The molecule has 6 nitrogen and oxygen atoms in total. The van der Waals surface area contributed by atoms with Crippen LogP contribution >= 0.6 is 12.2 Å². The van der Waals surface area contributed by atoms with Gasteiger partial charge in [0.15, 0.2) is 5.11 Å². The van der Waals surface area contributed by atoms with Gasteiger partial charge in [0.25, 0.3) is 5.91 Å². The maximum atomic E-state index is 12.3. The Bertz CT molecular complexity index is 683. The van der Waals surface area contributed by atoms with E-state index in [1.807, 2.05) is 0 Å². The van der Waals surface area contributed by atoms with Gasteiger partial charge in [0, 0.05) is 30.8 Å². The second-order valence-corrected chi connectivity index (χ2v) is 8.31. The Kier molecular flexibility index (Phi) is 10.8. The third-order valence-corrected chi connectivity index (χ3v) is 5.97. The summed E-state index contributed by atoms with van der Waals surface area (Å²) in [7, 11) is 0. The first-order chi connectivity index (χ1) is 14.5. The average Bonchev–Trinajstić information content (AvgIpc) is 2.76. The molecule has 2 amide bonds. The number of anilines is 1. The number of rotatable bonds is 10. The molecule has 0 aliphatic heterocycles. The molecule has 3 N–H and O–H groups in total. The second-order valence-electron chi connectivity index (χ2n) is 7.91. The number of amides is 2. The molecule has 2 rings (SSSR count). The minimum Gasteiger partial charge on any atom is -0.351 e. The molecule has 1 saturated carbocycles. The molecule has 30 heavy (non-hydrogen) atoms. The van der Waals surface area contributed by atoms with Crippen LogP contribution in [0, 0.1) is 5.92 Å². The second kappa shape index (κ2) is 13.3. The summed E-state index contributed by atoms with van der Waals surface area (Å²) in [5.74, 6) is 0.548. The van der Waals surface area contributed by atoms with E-state index in [0.29, 0.717) is 29.6 Å². The smallest absolute Gasteiger partial charge is 0.251 e. The Balaban J connectivity index is 1.70. The molecule has 0 bridgehead atoms. The van der Waals surface area contributed by atoms with Gasteiger partial charge in [-0.15, -0.1) is 0 Å². The molecule has 0 unspecified atom stereocenters.